The summed E-state index contributed by atoms with van der Waals surface area (Å²) in [4.78, 5) is 13.6. The Labute approximate surface area is 143 Å². The minimum Gasteiger partial charge on any atom is -0.371 e. The molecule has 1 aromatic carbocycles. The number of amides is 1. The molecule has 0 unspecified atom stereocenters. The van der Waals surface area contributed by atoms with E-state index in [0.717, 1.165) is 30.8 Å². The van der Waals surface area contributed by atoms with Crippen LogP contribution in [-0.4, -0.2) is 36.0 Å². The second kappa shape index (κ2) is 7.16. The zero-order chi connectivity index (χ0) is 17.0. The number of benzene rings is 1. The maximum Gasteiger partial charge on any atom is 0.221 e. The predicted octanol–water partition coefficient (Wildman–Crippen LogP) is 3.46. The molecule has 1 amide bonds. The fourth-order valence-electron chi connectivity index (χ4n) is 3.35. The number of morpholine rings is 1. The highest BCUT2D eigenvalue weighted by molar-refractivity contribution is 5.88. The van der Waals surface area contributed by atoms with E-state index in [-0.39, 0.29) is 17.6 Å². The van der Waals surface area contributed by atoms with Crippen LogP contribution in [0.25, 0.3) is 0 Å². The van der Waals surface area contributed by atoms with E-state index in [1.807, 2.05) is 30.3 Å². The molecule has 1 fully saturated rings. The highest BCUT2D eigenvalue weighted by atomic mass is 16.5. The molecule has 0 bridgehead atoms. The Balaban J connectivity index is 1.73. The third-order valence-electron chi connectivity index (χ3n) is 4.69. The third-order valence-corrected chi connectivity index (χ3v) is 4.69. The lowest BCUT2D eigenvalue weighted by Crippen LogP contribution is -2.52. The number of nitrogens with zero attached hydrogens (tertiary/aromatic N) is 1. The molecule has 0 aromatic heterocycles. The van der Waals surface area contributed by atoms with Gasteiger partial charge in [-0.05, 0) is 24.1 Å². The minimum absolute atomic E-state index is 0.0289. The summed E-state index contributed by atoms with van der Waals surface area (Å²) < 4.78 is 5.99. The quantitative estimate of drug-likeness (QED) is 0.863. The summed E-state index contributed by atoms with van der Waals surface area (Å²) in [6, 6.07) is 7.89. The van der Waals surface area contributed by atoms with Crippen molar-refractivity contribution in [1.82, 2.24) is 4.90 Å². The number of hydrogen-bond acceptors (Lipinski definition) is 3. The van der Waals surface area contributed by atoms with Gasteiger partial charge in [-0.2, -0.15) is 0 Å². The van der Waals surface area contributed by atoms with Crippen LogP contribution < -0.4 is 5.32 Å². The first-order valence-corrected chi connectivity index (χ1v) is 8.35. The summed E-state index contributed by atoms with van der Waals surface area (Å²) in [5.41, 5.74) is 1.82. The van der Waals surface area contributed by atoms with Crippen molar-refractivity contribution < 1.29 is 9.53 Å². The molecule has 0 spiro atoms. The molecule has 1 heterocycles. The van der Waals surface area contributed by atoms with Crippen LogP contribution in [0.4, 0.5) is 5.69 Å². The molecule has 4 nitrogen and oxygen atoms in total. The molecular weight excluding hydrogens is 300 g/mol. The standard InChI is InChI=1S/C20H24N2O2/c1-3-20(11-5-4-6-12-20)22-13-14-24-19(15-22)17-7-9-18(10-8-17)21-16(2)23/h3-11,19H,1,12-15H2,2H3,(H,21,23)/t19-,20-/m1/s1. The average Bonchev–Trinajstić information content (AvgIpc) is 2.62. The molecule has 1 aliphatic heterocycles. The van der Waals surface area contributed by atoms with Gasteiger partial charge in [0.05, 0.1) is 18.2 Å². The smallest absolute Gasteiger partial charge is 0.221 e. The van der Waals surface area contributed by atoms with Gasteiger partial charge in [-0.15, -0.1) is 6.58 Å². The van der Waals surface area contributed by atoms with Gasteiger partial charge in [0, 0.05) is 25.7 Å². The zero-order valence-electron chi connectivity index (χ0n) is 14.1. The number of allylic oxidation sites excluding steroid dienone is 2. The predicted molar refractivity (Wildman–Crippen MR) is 96.8 cm³/mol. The van der Waals surface area contributed by atoms with E-state index in [0.29, 0.717) is 6.61 Å². The van der Waals surface area contributed by atoms with Crippen molar-refractivity contribution in [2.24, 2.45) is 0 Å². The molecule has 0 radical (unpaired) electrons. The number of hydrogen-bond donors (Lipinski definition) is 1. The fraction of sp³-hybridized carbons (Fsp3) is 0.350. The lowest BCUT2D eigenvalue weighted by atomic mass is 9.88. The third kappa shape index (κ3) is 3.50. The van der Waals surface area contributed by atoms with Crippen molar-refractivity contribution in [3.05, 3.63) is 66.8 Å². The zero-order valence-corrected chi connectivity index (χ0v) is 14.1. The van der Waals surface area contributed by atoms with Gasteiger partial charge >= 0.3 is 0 Å². The van der Waals surface area contributed by atoms with Crippen LogP contribution in [-0.2, 0) is 9.53 Å². The SMILES string of the molecule is C=C[C@@]1(N2CCO[C@@H](c3ccc(NC(C)=O)cc3)C2)C=CC=CC1. The number of nitrogens with one attached hydrogen (secondary N) is 1. The lowest BCUT2D eigenvalue weighted by Gasteiger charge is -2.45. The molecule has 3 rings (SSSR count). The van der Waals surface area contributed by atoms with Gasteiger partial charge in [0.2, 0.25) is 5.91 Å². The topological polar surface area (TPSA) is 41.6 Å². The van der Waals surface area contributed by atoms with Gasteiger partial charge in [0.1, 0.15) is 0 Å². The minimum atomic E-state index is -0.118. The monoisotopic (exact) mass is 324 g/mol. The Kier molecular flexibility index (Phi) is 4.97. The second-order valence-corrected chi connectivity index (χ2v) is 6.30. The normalized spacial score (nSPS) is 27.0. The van der Waals surface area contributed by atoms with Crippen LogP contribution in [0.2, 0.25) is 0 Å². The number of anilines is 1. The van der Waals surface area contributed by atoms with E-state index < -0.39 is 0 Å². The Morgan fingerprint density at radius 3 is 2.79 bits per heavy atom. The van der Waals surface area contributed by atoms with E-state index in [1.54, 1.807) is 0 Å². The van der Waals surface area contributed by atoms with Crippen molar-refractivity contribution in [2.75, 3.05) is 25.0 Å². The molecule has 24 heavy (non-hydrogen) atoms. The van der Waals surface area contributed by atoms with Crippen molar-refractivity contribution in [2.45, 2.75) is 25.0 Å². The van der Waals surface area contributed by atoms with Gasteiger partial charge in [0.25, 0.3) is 0 Å². The highest BCUT2D eigenvalue weighted by Gasteiger charge is 2.35. The molecule has 4 heteroatoms. The van der Waals surface area contributed by atoms with Crippen molar-refractivity contribution in [3.8, 4) is 0 Å². The number of carbonyl (C=O) groups excluding carboxylic acids is 1. The Hall–Kier alpha value is -2.17. The fourth-order valence-corrected chi connectivity index (χ4v) is 3.35. The molecule has 2 atom stereocenters. The van der Waals surface area contributed by atoms with Gasteiger partial charge in [-0.25, -0.2) is 0 Å². The van der Waals surface area contributed by atoms with Gasteiger partial charge in [-0.1, -0.05) is 42.5 Å². The molecule has 1 N–H and O–H groups in total. The number of ether oxygens (including phenoxy) is 1. The van der Waals surface area contributed by atoms with E-state index in [9.17, 15) is 4.79 Å². The van der Waals surface area contributed by atoms with Gasteiger partial charge in [-0.3, -0.25) is 9.69 Å². The maximum atomic E-state index is 11.1. The summed E-state index contributed by atoms with van der Waals surface area (Å²) in [5, 5.41) is 2.79. The molecule has 1 saturated heterocycles. The van der Waals surface area contributed by atoms with Crippen LogP contribution in [0, 0.1) is 0 Å². The molecule has 1 aliphatic carbocycles. The van der Waals surface area contributed by atoms with E-state index in [2.05, 4.69) is 41.1 Å². The Morgan fingerprint density at radius 2 is 2.17 bits per heavy atom. The first-order valence-electron chi connectivity index (χ1n) is 8.35. The second-order valence-electron chi connectivity index (χ2n) is 6.30. The van der Waals surface area contributed by atoms with Crippen LogP contribution >= 0.6 is 0 Å². The number of carbonyl (C=O) groups is 1. The van der Waals surface area contributed by atoms with Crippen LogP contribution in [0.1, 0.15) is 25.0 Å². The molecule has 1 aromatic rings. The summed E-state index contributed by atoms with van der Waals surface area (Å²) >= 11 is 0. The van der Waals surface area contributed by atoms with E-state index in [1.165, 1.54) is 6.92 Å². The summed E-state index contributed by atoms with van der Waals surface area (Å²) in [6.45, 7) is 7.99. The van der Waals surface area contributed by atoms with Crippen LogP contribution in [0.3, 0.4) is 0 Å². The van der Waals surface area contributed by atoms with Crippen molar-refractivity contribution in [1.29, 1.82) is 0 Å². The van der Waals surface area contributed by atoms with Gasteiger partial charge in [0.15, 0.2) is 0 Å². The first-order chi connectivity index (χ1) is 11.6. The maximum absolute atomic E-state index is 11.1. The van der Waals surface area contributed by atoms with Gasteiger partial charge < -0.3 is 10.1 Å². The summed E-state index contributed by atoms with van der Waals surface area (Å²) in [5.74, 6) is -0.0621. The Morgan fingerprint density at radius 1 is 1.38 bits per heavy atom. The van der Waals surface area contributed by atoms with E-state index in [4.69, 9.17) is 4.74 Å². The van der Waals surface area contributed by atoms with Crippen LogP contribution in [0.15, 0.2) is 61.2 Å². The molecule has 2 aliphatic rings. The highest BCUT2D eigenvalue weighted by Crippen LogP contribution is 2.32. The molecule has 126 valence electrons. The van der Waals surface area contributed by atoms with E-state index >= 15 is 0 Å². The largest absolute Gasteiger partial charge is 0.371 e. The molecular formula is C20H24N2O2. The molecule has 0 saturated carbocycles. The summed E-state index contributed by atoms with van der Waals surface area (Å²) in [7, 11) is 0. The lowest BCUT2D eigenvalue weighted by molar-refractivity contribution is -0.114. The van der Waals surface area contributed by atoms with Crippen molar-refractivity contribution >= 4 is 11.6 Å². The first kappa shape index (κ1) is 16.7. The summed E-state index contributed by atoms with van der Waals surface area (Å²) in [6.07, 6.45) is 11.6. The van der Waals surface area contributed by atoms with Crippen LogP contribution in [0.5, 0.6) is 0 Å². The Bertz CT molecular complexity index is 663. The van der Waals surface area contributed by atoms with Crippen molar-refractivity contribution in [3.63, 3.8) is 0 Å². The number of rotatable bonds is 4. The average molecular weight is 324 g/mol.